The number of esters is 1. The molecular weight excluding hydrogens is 897 g/mol. The van der Waals surface area contributed by atoms with E-state index >= 15 is 0 Å². The van der Waals surface area contributed by atoms with Crippen LogP contribution in [-0.2, 0) is 33.2 Å². The molecular formula is C56H104O14. The molecule has 0 bridgehead atoms. The van der Waals surface area contributed by atoms with E-state index in [1.54, 1.807) is 0 Å². The highest BCUT2D eigenvalue weighted by atomic mass is 16.7. The zero-order valence-corrected chi connectivity index (χ0v) is 44.0. The van der Waals surface area contributed by atoms with Gasteiger partial charge in [0.15, 0.2) is 12.6 Å². The number of rotatable bonds is 46. The molecule has 0 spiro atoms. The Labute approximate surface area is 424 Å². The maximum Gasteiger partial charge on any atom is 0.306 e. The summed E-state index contributed by atoms with van der Waals surface area (Å²) in [5, 5.41) is 72.2. The van der Waals surface area contributed by atoms with Crippen molar-refractivity contribution >= 4 is 5.97 Å². The lowest BCUT2D eigenvalue weighted by Gasteiger charge is -2.42. The molecule has 412 valence electrons. The van der Waals surface area contributed by atoms with Crippen LogP contribution in [0.25, 0.3) is 0 Å². The molecule has 2 aliphatic heterocycles. The summed E-state index contributed by atoms with van der Waals surface area (Å²) in [5.74, 6) is -0.376. The number of aliphatic hydroxyl groups excluding tert-OH is 7. The molecule has 2 fully saturated rings. The Morgan fingerprint density at radius 3 is 1.36 bits per heavy atom. The van der Waals surface area contributed by atoms with E-state index in [0.29, 0.717) is 13.0 Å². The Bertz CT molecular complexity index is 1250. The standard InChI is InChI=1S/C56H104O14/c1-3-5-7-9-11-13-15-16-17-18-19-20-21-22-23-24-25-26-27-28-29-31-33-35-37-39-48(58)68-45(42-65-40-38-36-34-32-30-14-12-10-8-6-4-2)43-66-55-54(64)52(62)50(60)47(70-55)44-67-56-53(63)51(61)49(59)46(41-57)69-56/h8,10,18-19,45-47,49-57,59-64H,3-7,9,11-17,20-44H2,1-2H3/b10-8-,19-18-. The second kappa shape index (κ2) is 43.8. The summed E-state index contributed by atoms with van der Waals surface area (Å²) >= 11 is 0. The van der Waals surface area contributed by atoms with Crippen LogP contribution in [0.15, 0.2) is 24.3 Å². The van der Waals surface area contributed by atoms with Gasteiger partial charge in [-0.2, -0.15) is 0 Å². The molecule has 0 aromatic carbocycles. The minimum absolute atomic E-state index is 0.0601. The quantitative estimate of drug-likeness (QED) is 0.0172. The molecule has 11 unspecified atom stereocenters. The zero-order chi connectivity index (χ0) is 50.9. The highest BCUT2D eigenvalue weighted by Gasteiger charge is 2.47. The topological polar surface area (TPSA) is 214 Å². The van der Waals surface area contributed by atoms with Gasteiger partial charge in [-0.1, -0.05) is 186 Å². The molecule has 0 aromatic heterocycles. The third-order valence-corrected chi connectivity index (χ3v) is 13.7. The summed E-state index contributed by atoms with van der Waals surface area (Å²) in [6, 6.07) is 0. The molecule has 0 aromatic rings. The predicted molar refractivity (Wildman–Crippen MR) is 275 cm³/mol. The molecule has 70 heavy (non-hydrogen) atoms. The van der Waals surface area contributed by atoms with E-state index in [1.807, 2.05) is 0 Å². The monoisotopic (exact) mass is 1000 g/mol. The first-order valence-electron chi connectivity index (χ1n) is 28.4. The fourth-order valence-corrected chi connectivity index (χ4v) is 9.05. The average Bonchev–Trinajstić information content (AvgIpc) is 3.36. The molecule has 0 aliphatic carbocycles. The summed E-state index contributed by atoms with van der Waals surface area (Å²) in [6.07, 6.45) is 32.6. The number of hydrogen-bond acceptors (Lipinski definition) is 14. The first kappa shape index (κ1) is 64.6. The SMILES string of the molecule is CCC/C=C\CCCCCCCCOCC(COC1OC(COC2OC(CO)C(O)C(O)C2O)C(O)C(O)C1O)OC(=O)CCCCCCCCCCCCCCC/C=C\CCCCCCCCCC. The van der Waals surface area contributed by atoms with Gasteiger partial charge >= 0.3 is 5.97 Å². The van der Waals surface area contributed by atoms with Crippen molar-refractivity contribution in [3.8, 4) is 0 Å². The van der Waals surface area contributed by atoms with E-state index in [-0.39, 0.29) is 25.6 Å². The minimum Gasteiger partial charge on any atom is -0.457 e. The van der Waals surface area contributed by atoms with Crippen molar-refractivity contribution in [1.82, 2.24) is 0 Å². The Balaban J connectivity index is 1.66. The van der Waals surface area contributed by atoms with Gasteiger partial charge in [-0.05, 0) is 57.8 Å². The van der Waals surface area contributed by atoms with Crippen molar-refractivity contribution in [2.75, 3.05) is 33.0 Å². The molecule has 2 heterocycles. The predicted octanol–water partition coefficient (Wildman–Crippen LogP) is 9.58. The van der Waals surface area contributed by atoms with Crippen molar-refractivity contribution in [1.29, 1.82) is 0 Å². The highest BCUT2D eigenvalue weighted by molar-refractivity contribution is 5.69. The van der Waals surface area contributed by atoms with Crippen LogP contribution in [0.1, 0.15) is 226 Å². The van der Waals surface area contributed by atoms with Gasteiger partial charge < -0.3 is 64.2 Å². The van der Waals surface area contributed by atoms with Gasteiger partial charge in [-0.3, -0.25) is 4.79 Å². The Hall–Kier alpha value is -1.53. The number of allylic oxidation sites excluding steroid dienone is 4. The Kier molecular flexibility index (Phi) is 40.4. The zero-order valence-electron chi connectivity index (χ0n) is 44.0. The minimum atomic E-state index is -1.70. The summed E-state index contributed by atoms with van der Waals surface area (Å²) < 4.78 is 34.3. The fraction of sp³-hybridized carbons (Fsp3) is 0.911. The lowest BCUT2D eigenvalue weighted by molar-refractivity contribution is -0.332. The van der Waals surface area contributed by atoms with Crippen LogP contribution in [0.3, 0.4) is 0 Å². The number of aliphatic hydroxyl groups is 7. The van der Waals surface area contributed by atoms with Crippen LogP contribution >= 0.6 is 0 Å². The van der Waals surface area contributed by atoms with Crippen molar-refractivity contribution < 1.29 is 69.0 Å². The summed E-state index contributed by atoms with van der Waals surface area (Å²) in [4.78, 5) is 13.0. The van der Waals surface area contributed by atoms with Gasteiger partial charge in [0.25, 0.3) is 0 Å². The van der Waals surface area contributed by atoms with Crippen LogP contribution in [0.4, 0.5) is 0 Å². The van der Waals surface area contributed by atoms with Gasteiger partial charge in [0.2, 0.25) is 0 Å². The summed E-state index contributed by atoms with van der Waals surface area (Å²) in [6.45, 7) is 3.64. The van der Waals surface area contributed by atoms with Gasteiger partial charge in [0.1, 0.15) is 54.9 Å². The van der Waals surface area contributed by atoms with E-state index in [1.165, 1.54) is 148 Å². The lowest BCUT2D eigenvalue weighted by Crippen LogP contribution is -2.61. The van der Waals surface area contributed by atoms with Gasteiger partial charge in [-0.25, -0.2) is 0 Å². The highest BCUT2D eigenvalue weighted by Crippen LogP contribution is 2.27. The van der Waals surface area contributed by atoms with Crippen molar-refractivity contribution in [3.63, 3.8) is 0 Å². The second-order valence-corrected chi connectivity index (χ2v) is 20.1. The van der Waals surface area contributed by atoms with E-state index in [9.17, 15) is 40.5 Å². The largest absolute Gasteiger partial charge is 0.457 e. The smallest absolute Gasteiger partial charge is 0.306 e. The normalized spacial score (nSPS) is 25.6. The molecule has 0 saturated carbocycles. The summed E-state index contributed by atoms with van der Waals surface area (Å²) in [7, 11) is 0. The molecule has 0 amide bonds. The third-order valence-electron chi connectivity index (χ3n) is 13.7. The van der Waals surface area contributed by atoms with Crippen LogP contribution in [0, 0.1) is 0 Å². The number of hydrogen-bond donors (Lipinski definition) is 7. The number of carbonyl (C=O) groups is 1. The number of ether oxygens (including phenoxy) is 6. The van der Waals surface area contributed by atoms with Crippen LogP contribution in [0.5, 0.6) is 0 Å². The second-order valence-electron chi connectivity index (χ2n) is 20.1. The van der Waals surface area contributed by atoms with Crippen LogP contribution in [0.2, 0.25) is 0 Å². The maximum absolute atomic E-state index is 13.0. The first-order chi connectivity index (χ1) is 34.1. The maximum atomic E-state index is 13.0. The Morgan fingerprint density at radius 2 is 0.871 bits per heavy atom. The third kappa shape index (κ3) is 30.6. The van der Waals surface area contributed by atoms with Gasteiger partial charge in [-0.15, -0.1) is 0 Å². The molecule has 7 N–H and O–H groups in total. The van der Waals surface area contributed by atoms with E-state index < -0.39 is 80.7 Å². The van der Waals surface area contributed by atoms with Crippen LogP contribution < -0.4 is 0 Å². The van der Waals surface area contributed by atoms with E-state index in [0.717, 1.165) is 51.4 Å². The van der Waals surface area contributed by atoms with E-state index in [4.69, 9.17) is 28.4 Å². The molecule has 14 nitrogen and oxygen atoms in total. The average molecular weight is 1000 g/mol. The van der Waals surface area contributed by atoms with E-state index in [2.05, 4.69) is 38.2 Å². The molecule has 2 rings (SSSR count). The van der Waals surface area contributed by atoms with Crippen molar-refractivity contribution in [3.05, 3.63) is 24.3 Å². The fourth-order valence-electron chi connectivity index (χ4n) is 9.05. The van der Waals surface area contributed by atoms with Gasteiger partial charge in [0, 0.05) is 13.0 Å². The van der Waals surface area contributed by atoms with Crippen molar-refractivity contribution in [2.24, 2.45) is 0 Å². The first-order valence-corrected chi connectivity index (χ1v) is 28.4. The summed E-state index contributed by atoms with van der Waals surface area (Å²) in [5.41, 5.74) is 0. The number of carbonyl (C=O) groups excluding carboxylic acids is 1. The molecule has 2 aliphatic rings. The molecule has 14 heteroatoms. The van der Waals surface area contributed by atoms with Crippen molar-refractivity contribution in [2.45, 2.75) is 293 Å². The molecule has 11 atom stereocenters. The number of unbranched alkanes of at least 4 members (excludes halogenated alkanes) is 28. The lowest BCUT2D eigenvalue weighted by atomic mass is 9.98. The molecule has 2 saturated heterocycles. The van der Waals surface area contributed by atoms with Gasteiger partial charge in [0.05, 0.1) is 26.4 Å². The molecule has 0 radical (unpaired) electrons. The van der Waals surface area contributed by atoms with Crippen LogP contribution in [-0.4, -0.2) is 142 Å². The Morgan fingerprint density at radius 1 is 0.457 bits per heavy atom.